The summed E-state index contributed by atoms with van der Waals surface area (Å²) in [4.78, 5) is 19.9. The Balaban J connectivity index is 1.49. The van der Waals surface area contributed by atoms with Crippen LogP contribution in [0.4, 0.5) is 14.9 Å². The molecule has 1 aliphatic rings. The van der Waals surface area contributed by atoms with Crippen LogP contribution in [-0.4, -0.2) is 57.9 Å². The minimum Gasteiger partial charge on any atom is -0.366 e. The van der Waals surface area contributed by atoms with Crippen molar-refractivity contribution in [3.8, 4) is 0 Å². The lowest BCUT2D eigenvalue weighted by Gasteiger charge is -2.36. The van der Waals surface area contributed by atoms with Gasteiger partial charge in [0.15, 0.2) is 0 Å². The highest BCUT2D eigenvalue weighted by molar-refractivity contribution is 5.74. The number of halogens is 1. The number of hydrogen-bond acceptors (Lipinski definition) is 4. The van der Waals surface area contributed by atoms with Crippen LogP contribution < -0.4 is 10.2 Å². The summed E-state index contributed by atoms with van der Waals surface area (Å²) >= 11 is 0. The van der Waals surface area contributed by atoms with Gasteiger partial charge in [0.25, 0.3) is 0 Å². The van der Waals surface area contributed by atoms with Crippen LogP contribution in [0.2, 0.25) is 0 Å². The molecule has 1 fully saturated rings. The molecule has 0 spiro atoms. The largest absolute Gasteiger partial charge is 0.366 e. The maximum absolute atomic E-state index is 13.8. The van der Waals surface area contributed by atoms with Crippen molar-refractivity contribution in [3.63, 3.8) is 0 Å². The van der Waals surface area contributed by atoms with Crippen LogP contribution >= 0.6 is 0 Å². The van der Waals surface area contributed by atoms with Crippen molar-refractivity contribution in [2.75, 3.05) is 31.1 Å². The molecule has 2 aromatic rings. The first kappa shape index (κ1) is 16.2. The second-order valence-electron chi connectivity index (χ2n) is 5.89. The maximum atomic E-state index is 13.8. The number of nitrogens with zero attached hydrogens (tertiary/aromatic N) is 5. The quantitative estimate of drug-likeness (QED) is 0.917. The zero-order valence-electron chi connectivity index (χ0n) is 13.6. The predicted octanol–water partition coefficient (Wildman–Crippen LogP) is 1.34. The molecule has 1 aromatic heterocycles. The number of rotatable bonds is 4. The summed E-state index contributed by atoms with van der Waals surface area (Å²) in [5, 5.41) is 6.99. The molecular weight excluding hydrogens is 311 g/mol. The maximum Gasteiger partial charge on any atom is 0.317 e. The number of benzene rings is 1. The summed E-state index contributed by atoms with van der Waals surface area (Å²) in [6.45, 7) is 4.86. The smallest absolute Gasteiger partial charge is 0.317 e. The Kier molecular flexibility index (Phi) is 4.93. The van der Waals surface area contributed by atoms with Gasteiger partial charge in [-0.25, -0.2) is 14.2 Å². The van der Waals surface area contributed by atoms with Gasteiger partial charge in [0.1, 0.15) is 18.5 Å². The lowest BCUT2D eigenvalue weighted by atomic mass is 10.2. The summed E-state index contributed by atoms with van der Waals surface area (Å²) in [6, 6.07) is 6.58. The Labute approximate surface area is 140 Å². The van der Waals surface area contributed by atoms with Crippen LogP contribution in [0.3, 0.4) is 0 Å². The van der Waals surface area contributed by atoms with Crippen LogP contribution in [0.1, 0.15) is 6.92 Å². The number of piperazine rings is 1. The molecule has 8 heteroatoms. The van der Waals surface area contributed by atoms with Crippen molar-refractivity contribution >= 4 is 11.7 Å². The van der Waals surface area contributed by atoms with E-state index in [0.717, 1.165) is 0 Å². The van der Waals surface area contributed by atoms with Gasteiger partial charge in [-0.3, -0.25) is 4.68 Å². The minimum atomic E-state index is -0.225. The van der Waals surface area contributed by atoms with Crippen molar-refractivity contribution < 1.29 is 9.18 Å². The molecule has 0 bridgehead atoms. The Morgan fingerprint density at radius 1 is 1.29 bits per heavy atom. The van der Waals surface area contributed by atoms with Crippen LogP contribution in [0.25, 0.3) is 0 Å². The van der Waals surface area contributed by atoms with Crippen molar-refractivity contribution in [1.29, 1.82) is 0 Å². The van der Waals surface area contributed by atoms with E-state index in [1.165, 1.54) is 12.4 Å². The molecule has 1 unspecified atom stereocenters. The topological polar surface area (TPSA) is 66.3 Å². The lowest BCUT2D eigenvalue weighted by molar-refractivity contribution is 0.189. The van der Waals surface area contributed by atoms with E-state index in [1.807, 2.05) is 17.9 Å². The number of hydrogen-bond donors (Lipinski definition) is 1. The number of aromatic nitrogens is 3. The van der Waals surface area contributed by atoms with E-state index in [9.17, 15) is 9.18 Å². The molecular formula is C16H21FN6O. The highest BCUT2D eigenvalue weighted by atomic mass is 19.1. The molecule has 0 saturated carbocycles. The van der Waals surface area contributed by atoms with Crippen molar-refractivity contribution in [2.24, 2.45) is 0 Å². The minimum absolute atomic E-state index is 0.0520. The van der Waals surface area contributed by atoms with E-state index in [4.69, 9.17) is 0 Å². The molecule has 1 aliphatic heterocycles. The van der Waals surface area contributed by atoms with Crippen molar-refractivity contribution in [2.45, 2.75) is 19.5 Å². The van der Waals surface area contributed by atoms with Gasteiger partial charge in [-0.15, -0.1) is 0 Å². The van der Waals surface area contributed by atoms with Gasteiger partial charge in [0, 0.05) is 32.2 Å². The van der Waals surface area contributed by atoms with Crippen LogP contribution in [0.5, 0.6) is 0 Å². The fraction of sp³-hybridized carbons (Fsp3) is 0.438. The Morgan fingerprint density at radius 3 is 2.71 bits per heavy atom. The molecule has 24 heavy (non-hydrogen) atoms. The van der Waals surface area contributed by atoms with Gasteiger partial charge in [0.05, 0.1) is 12.2 Å². The summed E-state index contributed by atoms with van der Waals surface area (Å²) in [5.74, 6) is -0.225. The van der Waals surface area contributed by atoms with Gasteiger partial charge in [-0.2, -0.15) is 5.10 Å². The van der Waals surface area contributed by atoms with Crippen molar-refractivity contribution in [1.82, 2.24) is 25.0 Å². The molecule has 1 N–H and O–H groups in total. The fourth-order valence-electron chi connectivity index (χ4n) is 2.81. The van der Waals surface area contributed by atoms with Crippen molar-refractivity contribution in [3.05, 3.63) is 42.7 Å². The standard InChI is InChI=1S/C16H21FN6O/c1-13(10-23-12-18-11-19-23)20-16(24)22-8-6-21(7-9-22)15-5-3-2-4-14(15)17/h2-5,11-13H,6-10H2,1H3,(H,20,24). The fourth-order valence-corrected chi connectivity index (χ4v) is 2.81. The predicted molar refractivity (Wildman–Crippen MR) is 88.2 cm³/mol. The molecule has 2 heterocycles. The van der Waals surface area contributed by atoms with Crippen LogP contribution in [0.15, 0.2) is 36.9 Å². The summed E-state index contributed by atoms with van der Waals surface area (Å²) in [6.07, 6.45) is 3.09. The van der Waals surface area contributed by atoms with E-state index in [1.54, 1.807) is 28.0 Å². The Morgan fingerprint density at radius 2 is 2.04 bits per heavy atom. The third-order valence-corrected chi connectivity index (χ3v) is 4.06. The lowest BCUT2D eigenvalue weighted by Crippen LogP contribution is -2.53. The number of nitrogens with one attached hydrogen (secondary N) is 1. The van der Waals surface area contributed by atoms with Gasteiger partial charge in [-0.05, 0) is 19.1 Å². The number of amides is 2. The van der Waals surface area contributed by atoms with Gasteiger partial charge in [0.2, 0.25) is 0 Å². The Bertz CT molecular complexity index is 669. The number of para-hydroxylation sites is 1. The molecule has 7 nitrogen and oxygen atoms in total. The molecule has 128 valence electrons. The molecule has 1 saturated heterocycles. The first-order chi connectivity index (χ1) is 11.6. The molecule has 2 amide bonds. The number of carbonyl (C=O) groups is 1. The van der Waals surface area contributed by atoms with Crippen LogP contribution in [-0.2, 0) is 6.54 Å². The van der Waals surface area contributed by atoms with E-state index in [-0.39, 0.29) is 17.9 Å². The average molecular weight is 332 g/mol. The molecule has 0 aliphatic carbocycles. The van der Waals surface area contributed by atoms with E-state index < -0.39 is 0 Å². The third-order valence-electron chi connectivity index (χ3n) is 4.06. The van der Waals surface area contributed by atoms with Crippen LogP contribution in [0, 0.1) is 5.82 Å². The first-order valence-electron chi connectivity index (χ1n) is 8.01. The Hall–Kier alpha value is -2.64. The molecule has 1 atom stereocenters. The van der Waals surface area contributed by atoms with E-state index in [2.05, 4.69) is 15.4 Å². The third kappa shape index (κ3) is 3.81. The van der Waals surface area contributed by atoms with Gasteiger partial charge < -0.3 is 15.1 Å². The van der Waals surface area contributed by atoms with E-state index >= 15 is 0 Å². The highest BCUT2D eigenvalue weighted by Gasteiger charge is 2.23. The number of carbonyl (C=O) groups excluding carboxylic acids is 1. The molecule has 3 rings (SSSR count). The monoisotopic (exact) mass is 332 g/mol. The van der Waals surface area contributed by atoms with Gasteiger partial charge >= 0.3 is 6.03 Å². The van der Waals surface area contributed by atoms with E-state index in [0.29, 0.717) is 38.4 Å². The molecule has 0 radical (unpaired) electrons. The number of urea groups is 1. The zero-order valence-corrected chi connectivity index (χ0v) is 13.6. The summed E-state index contributed by atoms with van der Waals surface area (Å²) in [7, 11) is 0. The van der Waals surface area contributed by atoms with Gasteiger partial charge in [-0.1, -0.05) is 12.1 Å². The number of anilines is 1. The first-order valence-corrected chi connectivity index (χ1v) is 8.01. The average Bonchev–Trinajstić information content (AvgIpc) is 3.08. The zero-order chi connectivity index (χ0) is 16.9. The SMILES string of the molecule is CC(Cn1cncn1)NC(=O)N1CCN(c2ccccc2F)CC1. The summed E-state index contributed by atoms with van der Waals surface area (Å²) in [5.41, 5.74) is 0.595. The normalized spacial score (nSPS) is 16.1. The second kappa shape index (κ2) is 7.29. The second-order valence-corrected chi connectivity index (χ2v) is 5.89. The highest BCUT2D eigenvalue weighted by Crippen LogP contribution is 2.20. The molecule has 1 aromatic carbocycles. The summed E-state index contributed by atoms with van der Waals surface area (Å²) < 4.78 is 15.5.